The summed E-state index contributed by atoms with van der Waals surface area (Å²) in [5, 5.41) is 3.29. The molecule has 2 aromatic rings. The molecule has 3 unspecified atom stereocenters. The Hall–Kier alpha value is -2.03. The first-order valence-electron chi connectivity index (χ1n) is 12.1. The number of hydrogen-bond donors (Lipinski definition) is 1. The molecule has 1 saturated carbocycles. The van der Waals surface area contributed by atoms with Crippen LogP contribution in [0.3, 0.4) is 0 Å². The van der Waals surface area contributed by atoms with E-state index in [1.54, 1.807) is 0 Å². The number of halogens is 4. The van der Waals surface area contributed by atoms with Crippen molar-refractivity contribution in [2.24, 2.45) is 11.8 Å². The van der Waals surface area contributed by atoms with Gasteiger partial charge in [-0.25, -0.2) is 0 Å². The van der Waals surface area contributed by atoms with Crippen molar-refractivity contribution in [3.63, 3.8) is 0 Å². The van der Waals surface area contributed by atoms with Crippen LogP contribution < -0.4 is 5.32 Å². The Bertz CT molecular complexity index is 1070. The van der Waals surface area contributed by atoms with Crippen molar-refractivity contribution in [3.8, 4) is 11.3 Å². The summed E-state index contributed by atoms with van der Waals surface area (Å²) in [6.07, 6.45) is -1.15. The first-order chi connectivity index (χ1) is 16.4. The highest BCUT2D eigenvalue weighted by atomic mass is 35.5. The number of aromatic nitrogens is 1. The molecule has 0 bridgehead atoms. The van der Waals surface area contributed by atoms with Gasteiger partial charge in [-0.1, -0.05) is 18.0 Å². The summed E-state index contributed by atoms with van der Waals surface area (Å²) < 4.78 is 53.3. The number of amides is 1. The van der Waals surface area contributed by atoms with Gasteiger partial charge in [0, 0.05) is 41.0 Å². The first-order valence-corrected chi connectivity index (χ1v) is 12.4. The predicted molar refractivity (Wildman–Crippen MR) is 128 cm³/mol. The molecule has 192 valence electrons. The van der Waals surface area contributed by atoms with Crippen LogP contribution in [0.4, 0.5) is 13.2 Å². The van der Waals surface area contributed by atoms with Crippen molar-refractivity contribution in [3.05, 3.63) is 46.6 Å². The number of nitrogens with zero attached hydrogens (tertiary/aromatic N) is 1. The zero-order chi connectivity index (χ0) is 25.4. The molecule has 35 heavy (non-hydrogen) atoms. The van der Waals surface area contributed by atoms with E-state index in [1.165, 1.54) is 6.07 Å². The van der Waals surface area contributed by atoms with Gasteiger partial charge in [-0.2, -0.15) is 13.2 Å². The topological polar surface area (TPSA) is 52.5 Å². The molecule has 4 rings (SSSR count). The summed E-state index contributed by atoms with van der Waals surface area (Å²) >= 11 is 6.32. The maximum Gasteiger partial charge on any atom is 0.416 e. The second-order valence-electron chi connectivity index (χ2n) is 10.1. The largest absolute Gasteiger partial charge is 0.416 e. The second-order valence-corrected chi connectivity index (χ2v) is 10.5. The predicted octanol–water partition coefficient (Wildman–Crippen LogP) is 6.21. The highest BCUT2D eigenvalue weighted by Gasteiger charge is 2.34. The van der Waals surface area contributed by atoms with E-state index in [0.29, 0.717) is 31.0 Å². The molecule has 1 aromatic heterocycles. The third kappa shape index (κ3) is 6.22. The summed E-state index contributed by atoms with van der Waals surface area (Å²) in [5.41, 5.74) is 1.24. The highest BCUT2D eigenvalue weighted by Crippen LogP contribution is 2.38. The molecule has 2 heterocycles. The minimum Gasteiger partial charge on any atom is -0.353 e. The molecule has 1 N–H and O–H groups in total. The van der Waals surface area contributed by atoms with Crippen LogP contribution >= 0.6 is 11.6 Å². The van der Waals surface area contributed by atoms with Crippen LogP contribution in [0.25, 0.3) is 11.3 Å². The number of hydrogen-bond acceptors (Lipinski definition) is 3. The van der Waals surface area contributed by atoms with Gasteiger partial charge in [0.1, 0.15) is 6.10 Å². The smallest absolute Gasteiger partial charge is 0.353 e. The van der Waals surface area contributed by atoms with E-state index in [4.69, 9.17) is 21.1 Å². The molecule has 2 fully saturated rings. The summed E-state index contributed by atoms with van der Waals surface area (Å²) in [5.74, 6) is -0.465. The zero-order valence-corrected chi connectivity index (χ0v) is 21.0. The van der Waals surface area contributed by atoms with Gasteiger partial charge in [0.05, 0.1) is 12.2 Å². The molecule has 2 aliphatic rings. The lowest BCUT2D eigenvalue weighted by atomic mass is 9.80. The Balaban J connectivity index is 1.43. The quantitative estimate of drug-likeness (QED) is 0.500. The molecule has 1 aliphatic heterocycles. The number of alkyl halides is 3. The average molecular weight is 513 g/mol. The van der Waals surface area contributed by atoms with Crippen LogP contribution in [0.15, 0.2) is 30.3 Å². The minimum atomic E-state index is -4.44. The Morgan fingerprint density at radius 1 is 1.23 bits per heavy atom. The number of aryl methyl sites for hydroxylation is 1. The summed E-state index contributed by atoms with van der Waals surface area (Å²) in [7, 11) is 0. The molecule has 1 amide bonds. The molecule has 0 radical (unpaired) electrons. The number of benzene rings is 1. The zero-order valence-electron chi connectivity index (χ0n) is 20.3. The number of rotatable bonds is 6. The first kappa shape index (κ1) is 26.0. The van der Waals surface area contributed by atoms with E-state index >= 15 is 0 Å². The SMILES string of the molecule is Cc1ccc(-c2cc(C(F)(F)F)ccc2Cl)n1CC1CCCC(C(=O)NCC2COC(C)(C)O2)C1. The van der Waals surface area contributed by atoms with Crippen molar-refractivity contribution in [1.82, 2.24) is 9.88 Å². The fourth-order valence-corrected chi connectivity index (χ4v) is 5.33. The van der Waals surface area contributed by atoms with E-state index in [0.717, 1.165) is 43.5 Å². The monoisotopic (exact) mass is 512 g/mol. The van der Waals surface area contributed by atoms with Crippen LogP contribution in [0.1, 0.15) is 50.8 Å². The van der Waals surface area contributed by atoms with E-state index in [9.17, 15) is 18.0 Å². The number of carbonyl (C=O) groups is 1. The standard InChI is InChI=1S/C26H32ClF3N2O3/c1-16-7-10-23(21-12-19(26(28,29)30)8-9-22(21)27)32(16)14-17-5-4-6-18(11-17)24(33)31-13-20-15-34-25(2,3)35-20/h7-10,12,17-18,20H,4-6,11,13-15H2,1-3H3,(H,31,33). The summed E-state index contributed by atoms with van der Waals surface area (Å²) in [4.78, 5) is 12.9. The maximum absolute atomic E-state index is 13.3. The number of ether oxygens (including phenoxy) is 2. The average Bonchev–Trinajstić information content (AvgIpc) is 3.33. The maximum atomic E-state index is 13.3. The summed E-state index contributed by atoms with van der Waals surface area (Å²) in [6.45, 7) is 7.13. The Morgan fingerprint density at radius 3 is 2.69 bits per heavy atom. The molecule has 1 aromatic carbocycles. The molecular weight excluding hydrogens is 481 g/mol. The van der Waals surface area contributed by atoms with Gasteiger partial charge in [-0.3, -0.25) is 4.79 Å². The van der Waals surface area contributed by atoms with Gasteiger partial charge in [-0.15, -0.1) is 0 Å². The Labute approximate surface area is 208 Å². The van der Waals surface area contributed by atoms with Gasteiger partial charge in [-0.05, 0) is 76.3 Å². The molecule has 1 aliphatic carbocycles. The van der Waals surface area contributed by atoms with E-state index in [2.05, 4.69) is 5.32 Å². The Morgan fingerprint density at radius 2 is 2.00 bits per heavy atom. The molecular formula is C26H32ClF3N2O3. The van der Waals surface area contributed by atoms with Crippen LogP contribution in [-0.4, -0.2) is 35.5 Å². The van der Waals surface area contributed by atoms with Gasteiger partial charge in [0.2, 0.25) is 5.91 Å². The fraction of sp³-hybridized carbons (Fsp3) is 0.577. The van der Waals surface area contributed by atoms with Gasteiger partial charge >= 0.3 is 6.18 Å². The molecule has 1 saturated heterocycles. The normalized spacial score (nSPS) is 24.5. The lowest BCUT2D eigenvalue weighted by Crippen LogP contribution is -2.39. The highest BCUT2D eigenvalue weighted by molar-refractivity contribution is 6.33. The van der Waals surface area contributed by atoms with Crippen molar-refractivity contribution in [1.29, 1.82) is 0 Å². The molecule has 9 heteroatoms. The van der Waals surface area contributed by atoms with Gasteiger partial charge in [0.25, 0.3) is 0 Å². The third-order valence-electron chi connectivity index (χ3n) is 6.93. The van der Waals surface area contributed by atoms with Crippen LogP contribution in [0.2, 0.25) is 5.02 Å². The van der Waals surface area contributed by atoms with Crippen molar-refractivity contribution < 1.29 is 27.4 Å². The van der Waals surface area contributed by atoms with E-state index in [-0.39, 0.29) is 28.9 Å². The second kappa shape index (κ2) is 10.1. The fourth-order valence-electron chi connectivity index (χ4n) is 5.12. The van der Waals surface area contributed by atoms with Crippen LogP contribution in [0.5, 0.6) is 0 Å². The number of carbonyl (C=O) groups excluding carboxylic acids is 1. The van der Waals surface area contributed by atoms with Crippen LogP contribution in [-0.2, 0) is 27.0 Å². The van der Waals surface area contributed by atoms with E-state index in [1.807, 2.05) is 37.5 Å². The minimum absolute atomic E-state index is 0.0216. The Kier molecular flexibility index (Phi) is 7.55. The third-order valence-corrected chi connectivity index (χ3v) is 7.26. The molecule has 0 spiro atoms. The van der Waals surface area contributed by atoms with E-state index < -0.39 is 17.5 Å². The lowest BCUT2D eigenvalue weighted by molar-refractivity contribution is -0.140. The molecule has 5 nitrogen and oxygen atoms in total. The van der Waals surface area contributed by atoms with Crippen molar-refractivity contribution in [2.45, 2.75) is 71.1 Å². The van der Waals surface area contributed by atoms with Crippen molar-refractivity contribution >= 4 is 17.5 Å². The van der Waals surface area contributed by atoms with Gasteiger partial charge < -0.3 is 19.4 Å². The van der Waals surface area contributed by atoms with Gasteiger partial charge in [0.15, 0.2) is 5.79 Å². The summed E-state index contributed by atoms with van der Waals surface area (Å²) in [6, 6.07) is 7.12. The van der Waals surface area contributed by atoms with Crippen molar-refractivity contribution in [2.75, 3.05) is 13.2 Å². The lowest BCUT2D eigenvalue weighted by Gasteiger charge is -2.30. The number of nitrogens with one attached hydrogen (secondary N) is 1. The molecule has 3 atom stereocenters. The van der Waals surface area contributed by atoms with Crippen LogP contribution in [0, 0.1) is 18.8 Å².